The molecule has 0 fully saturated rings. The summed E-state index contributed by atoms with van der Waals surface area (Å²) in [6, 6.07) is 15.8. The van der Waals surface area contributed by atoms with E-state index in [1.807, 2.05) is 43.1 Å². The summed E-state index contributed by atoms with van der Waals surface area (Å²) < 4.78 is 5.29. The van der Waals surface area contributed by atoms with Crippen LogP contribution in [0, 0.1) is 0 Å². The molecule has 1 atom stereocenters. The van der Waals surface area contributed by atoms with Crippen molar-refractivity contribution >= 4 is 11.6 Å². The number of hydrogen-bond acceptors (Lipinski definition) is 3. The van der Waals surface area contributed by atoms with Crippen molar-refractivity contribution in [3.63, 3.8) is 0 Å². The molecule has 2 aromatic rings. The zero-order valence-electron chi connectivity index (χ0n) is 16.7. The van der Waals surface area contributed by atoms with Crippen molar-refractivity contribution in [1.82, 2.24) is 4.90 Å². The second-order valence-electron chi connectivity index (χ2n) is 7.73. The first-order chi connectivity index (χ1) is 12.2. The lowest BCUT2D eigenvalue weighted by Gasteiger charge is -2.25. The van der Waals surface area contributed by atoms with Gasteiger partial charge in [0.25, 0.3) is 0 Å². The molecular weight excluding hydrogens is 324 g/mol. The maximum atomic E-state index is 12.6. The molecule has 0 aliphatic carbocycles. The van der Waals surface area contributed by atoms with Gasteiger partial charge in [0, 0.05) is 6.54 Å². The SMILES string of the molecule is COc1ccccc1NC(=O)C(C)N(C)Cc1ccc(C(C)(C)C)cc1. The van der Waals surface area contributed by atoms with Crippen LogP contribution in [0.3, 0.4) is 0 Å². The van der Waals surface area contributed by atoms with Crippen LogP contribution in [0.1, 0.15) is 38.8 Å². The highest BCUT2D eigenvalue weighted by atomic mass is 16.5. The van der Waals surface area contributed by atoms with E-state index in [1.165, 1.54) is 11.1 Å². The first kappa shape index (κ1) is 20.0. The number of carbonyl (C=O) groups is 1. The number of carbonyl (C=O) groups excluding carboxylic acids is 1. The molecule has 140 valence electrons. The van der Waals surface area contributed by atoms with E-state index in [0.717, 1.165) is 0 Å². The summed E-state index contributed by atoms with van der Waals surface area (Å²) in [6.07, 6.45) is 0. The van der Waals surface area contributed by atoms with Crippen molar-refractivity contribution < 1.29 is 9.53 Å². The number of amides is 1. The normalized spacial score (nSPS) is 12.7. The van der Waals surface area contributed by atoms with E-state index >= 15 is 0 Å². The zero-order valence-corrected chi connectivity index (χ0v) is 16.7. The Kier molecular flexibility index (Phi) is 6.43. The number of para-hydroxylation sites is 2. The predicted octanol–water partition coefficient (Wildman–Crippen LogP) is 4.45. The fourth-order valence-corrected chi connectivity index (χ4v) is 2.72. The van der Waals surface area contributed by atoms with Gasteiger partial charge in [-0.25, -0.2) is 0 Å². The number of ether oxygens (including phenoxy) is 1. The molecule has 0 aliphatic rings. The number of benzene rings is 2. The van der Waals surface area contributed by atoms with Gasteiger partial charge in [0.1, 0.15) is 5.75 Å². The lowest BCUT2D eigenvalue weighted by molar-refractivity contribution is -0.120. The van der Waals surface area contributed by atoms with Gasteiger partial charge in [-0.1, -0.05) is 57.2 Å². The third-order valence-electron chi connectivity index (χ3n) is 4.66. The molecule has 1 N–H and O–H groups in total. The topological polar surface area (TPSA) is 41.6 Å². The number of methoxy groups -OCH3 is 1. The summed E-state index contributed by atoms with van der Waals surface area (Å²) in [7, 11) is 3.56. The van der Waals surface area contributed by atoms with Crippen LogP contribution in [0.15, 0.2) is 48.5 Å². The molecule has 0 aliphatic heterocycles. The number of anilines is 1. The van der Waals surface area contributed by atoms with Gasteiger partial charge in [0.2, 0.25) is 5.91 Å². The largest absolute Gasteiger partial charge is 0.495 e. The van der Waals surface area contributed by atoms with Crippen molar-refractivity contribution in [1.29, 1.82) is 0 Å². The van der Waals surface area contributed by atoms with Gasteiger partial charge in [-0.2, -0.15) is 0 Å². The van der Waals surface area contributed by atoms with Gasteiger partial charge in [-0.15, -0.1) is 0 Å². The fourth-order valence-electron chi connectivity index (χ4n) is 2.72. The lowest BCUT2D eigenvalue weighted by Crippen LogP contribution is -2.39. The van der Waals surface area contributed by atoms with Crippen LogP contribution in [0.4, 0.5) is 5.69 Å². The number of likely N-dealkylation sites (N-methyl/N-ethyl adjacent to an activating group) is 1. The molecule has 0 radical (unpaired) electrons. The van der Waals surface area contributed by atoms with Gasteiger partial charge < -0.3 is 10.1 Å². The highest BCUT2D eigenvalue weighted by molar-refractivity contribution is 5.95. The fraction of sp³-hybridized carbons (Fsp3) is 0.409. The smallest absolute Gasteiger partial charge is 0.241 e. The van der Waals surface area contributed by atoms with E-state index in [0.29, 0.717) is 18.0 Å². The Morgan fingerprint density at radius 2 is 1.73 bits per heavy atom. The number of nitrogens with zero attached hydrogens (tertiary/aromatic N) is 1. The Balaban J connectivity index is 2.00. The maximum Gasteiger partial charge on any atom is 0.241 e. The Morgan fingerprint density at radius 1 is 1.12 bits per heavy atom. The molecule has 4 nitrogen and oxygen atoms in total. The molecule has 2 rings (SSSR count). The van der Waals surface area contributed by atoms with Gasteiger partial charge in [-0.3, -0.25) is 9.69 Å². The Morgan fingerprint density at radius 3 is 2.31 bits per heavy atom. The molecule has 0 aromatic heterocycles. The number of nitrogens with one attached hydrogen (secondary N) is 1. The summed E-state index contributed by atoms with van der Waals surface area (Å²) >= 11 is 0. The van der Waals surface area contributed by atoms with Gasteiger partial charge in [-0.05, 0) is 42.6 Å². The first-order valence-corrected chi connectivity index (χ1v) is 8.96. The molecule has 0 bridgehead atoms. The first-order valence-electron chi connectivity index (χ1n) is 8.96. The van der Waals surface area contributed by atoms with Crippen molar-refractivity contribution in [3.8, 4) is 5.75 Å². The van der Waals surface area contributed by atoms with Crippen LogP contribution in [0.5, 0.6) is 5.75 Å². The summed E-state index contributed by atoms with van der Waals surface area (Å²) in [5, 5.41) is 2.95. The average Bonchev–Trinajstić information content (AvgIpc) is 2.61. The Labute approximate surface area is 157 Å². The quantitative estimate of drug-likeness (QED) is 0.833. The highest BCUT2D eigenvalue weighted by Crippen LogP contribution is 2.24. The molecule has 0 heterocycles. The molecule has 4 heteroatoms. The maximum absolute atomic E-state index is 12.6. The van der Waals surface area contributed by atoms with Gasteiger partial charge >= 0.3 is 0 Å². The molecular formula is C22H30N2O2. The lowest BCUT2D eigenvalue weighted by atomic mass is 9.87. The molecule has 26 heavy (non-hydrogen) atoms. The molecule has 0 saturated heterocycles. The molecule has 1 unspecified atom stereocenters. The van der Waals surface area contributed by atoms with Crippen LogP contribution < -0.4 is 10.1 Å². The number of rotatable bonds is 6. The van der Waals surface area contributed by atoms with Crippen LogP contribution in [0.25, 0.3) is 0 Å². The van der Waals surface area contributed by atoms with Crippen LogP contribution in [-0.4, -0.2) is 31.0 Å². The Hall–Kier alpha value is -2.33. The van der Waals surface area contributed by atoms with Crippen molar-refractivity contribution in [3.05, 3.63) is 59.7 Å². The number of hydrogen-bond donors (Lipinski definition) is 1. The summed E-state index contributed by atoms with van der Waals surface area (Å²) in [5.74, 6) is 0.608. The van der Waals surface area contributed by atoms with E-state index < -0.39 is 0 Å². The third kappa shape index (κ3) is 5.09. The van der Waals surface area contributed by atoms with E-state index in [9.17, 15) is 4.79 Å². The average molecular weight is 354 g/mol. The highest BCUT2D eigenvalue weighted by Gasteiger charge is 2.20. The minimum Gasteiger partial charge on any atom is -0.495 e. The van der Waals surface area contributed by atoms with E-state index in [2.05, 4.69) is 50.4 Å². The van der Waals surface area contributed by atoms with Crippen molar-refractivity contribution in [2.24, 2.45) is 0 Å². The molecule has 0 saturated carbocycles. The zero-order chi connectivity index (χ0) is 19.3. The minimum absolute atomic E-state index is 0.0525. The van der Waals surface area contributed by atoms with E-state index in [4.69, 9.17) is 4.74 Å². The summed E-state index contributed by atoms with van der Waals surface area (Å²) in [6.45, 7) is 9.24. The predicted molar refractivity (Wildman–Crippen MR) is 108 cm³/mol. The molecule has 2 aromatic carbocycles. The standard InChI is InChI=1S/C22H30N2O2/c1-16(21(25)23-19-9-7-8-10-20(19)26-6)24(5)15-17-11-13-18(14-12-17)22(2,3)4/h7-14,16H,15H2,1-6H3,(H,23,25). The summed E-state index contributed by atoms with van der Waals surface area (Å²) in [5.41, 5.74) is 3.34. The molecule has 0 spiro atoms. The van der Waals surface area contributed by atoms with Crippen molar-refractivity contribution in [2.45, 2.75) is 45.7 Å². The van der Waals surface area contributed by atoms with Crippen LogP contribution >= 0.6 is 0 Å². The second kappa shape index (κ2) is 8.37. The van der Waals surface area contributed by atoms with Gasteiger partial charge in [0.05, 0.1) is 18.8 Å². The molecule has 1 amide bonds. The van der Waals surface area contributed by atoms with Gasteiger partial charge in [0.15, 0.2) is 0 Å². The van der Waals surface area contributed by atoms with E-state index in [-0.39, 0.29) is 17.4 Å². The summed E-state index contributed by atoms with van der Waals surface area (Å²) in [4.78, 5) is 14.6. The van der Waals surface area contributed by atoms with Crippen molar-refractivity contribution in [2.75, 3.05) is 19.5 Å². The second-order valence-corrected chi connectivity index (χ2v) is 7.73. The van der Waals surface area contributed by atoms with Crippen LogP contribution in [-0.2, 0) is 16.8 Å². The third-order valence-corrected chi connectivity index (χ3v) is 4.66. The minimum atomic E-state index is -0.262. The monoisotopic (exact) mass is 354 g/mol. The van der Waals surface area contributed by atoms with Crippen LogP contribution in [0.2, 0.25) is 0 Å². The van der Waals surface area contributed by atoms with E-state index in [1.54, 1.807) is 7.11 Å². The Bertz CT molecular complexity index is 733.